The molecule has 12 heteroatoms. The molecule has 2 aromatic carbocycles. The van der Waals surface area contributed by atoms with Gasteiger partial charge in [-0.15, -0.1) is 0 Å². The molecule has 1 aliphatic heterocycles. The number of ether oxygens (including phenoxy) is 1. The van der Waals surface area contributed by atoms with E-state index in [0.29, 0.717) is 31.5 Å². The molecule has 1 saturated heterocycles. The van der Waals surface area contributed by atoms with E-state index in [-0.39, 0.29) is 29.5 Å². The minimum absolute atomic E-state index is 0.0350. The van der Waals surface area contributed by atoms with E-state index in [1.807, 2.05) is 9.62 Å². The fraction of sp³-hybridized carbons (Fsp3) is 0.458. The Balaban J connectivity index is 1.34. The summed E-state index contributed by atoms with van der Waals surface area (Å²) >= 11 is 5.69. The molecule has 2 aromatic rings. The molecule has 0 unspecified atom stereocenters. The van der Waals surface area contributed by atoms with Crippen molar-refractivity contribution < 1.29 is 35.5 Å². The second-order valence-corrected chi connectivity index (χ2v) is 10.3. The van der Waals surface area contributed by atoms with Crippen molar-refractivity contribution in [1.29, 1.82) is 0 Å². The Morgan fingerprint density at radius 2 is 1.81 bits per heavy atom. The third kappa shape index (κ3) is 6.68. The van der Waals surface area contributed by atoms with Gasteiger partial charge in [-0.3, -0.25) is 14.4 Å². The molecule has 196 valence electrons. The number of halogens is 5. The fourth-order valence-electron chi connectivity index (χ4n) is 4.37. The number of hydrogen-bond acceptors (Lipinski definition) is 5. The fourth-order valence-corrected chi connectivity index (χ4v) is 4.90. The predicted octanol–water partition coefficient (Wildman–Crippen LogP) is 4.92. The lowest BCUT2D eigenvalue weighted by Gasteiger charge is -2.32. The molecule has 0 spiro atoms. The monoisotopic (exact) mass is 548 g/mol. The lowest BCUT2D eigenvalue weighted by molar-refractivity contribution is -0.137. The van der Waals surface area contributed by atoms with E-state index in [1.54, 1.807) is 12.1 Å². The molecule has 2 aliphatic rings. The van der Waals surface area contributed by atoms with Crippen LogP contribution in [0.5, 0.6) is 5.75 Å². The molecule has 1 N–H and O–H groups in total. The summed E-state index contributed by atoms with van der Waals surface area (Å²) in [7, 11) is -3.04. The highest BCUT2D eigenvalue weighted by Gasteiger charge is 2.33. The first-order valence-electron chi connectivity index (χ1n) is 11.5. The molecule has 1 amide bonds. The summed E-state index contributed by atoms with van der Waals surface area (Å²) in [5, 5.41) is -0.542. The van der Waals surface area contributed by atoms with Gasteiger partial charge in [0.15, 0.2) is 0 Å². The van der Waals surface area contributed by atoms with E-state index in [1.165, 1.54) is 6.07 Å². The van der Waals surface area contributed by atoms with E-state index >= 15 is 0 Å². The van der Waals surface area contributed by atoms with Gasteiger partial charge in [-0.05, 0) is 86.5 Å². The number of alkyl halides is 3. The zero-order valence-corrected chi connectivity index (χ0v) is 20.8. The lowest BCUT2D eigenvalue weighted by atomic mass is 9.97. The van der Waals surface area contributed by atoms with Gasteiger partial charge in [0.2, 0.25) is 10.9 Å². The van der Waals surface area contributed by atoms with Crippen molar-refractivity contribution in [3.05, 3.63) is 63.4 Å². The van der Waals surface area contributed by atoms with Gasteiger partial charge in [0, 0.05) is 17.7 Å². The van der Waals surface area contributed by atoms with Gasteiger partial charge in [0.1, 0.15) is 11.6 Å². The Bertz CT molecular complexity index is 1200. The topological polar surface area (TPSA) is 75.7 Å². The molecule has 4 rings (SSSR count). The molecule has 0 aromatic heterocycles. The Hall–Kier alpha value is -2.37. The van der Waals surface area contributed by atoms with Crippen molar-refractivity contribution in [1.82, 2.24) is 9.62 Å². The maximum atomic E-state index is 14.4. The van der Waals surface area contributed by atoms with Gasteiger partial charge in [0.25, 0.3) is 5.91 Å². The maximum Gasteiger partial charge on any atom is 0.416 e. The van der Waals surface area contributed by atoms with Gasteiger partial charge in [-0.25, -0.2) is 12.8 Å². The molecule has 1 aliphatic carbocycles. The summed E-state index contributed by atoms with van der Waals surface area (Å²) in [5.74, 6) is -0.392. The number of piperidine rings is 1. The minimum Gasteiger partial charge on any atom is -0.493 e. The van der Waals surface area contributed by atoms with E-state index in [0.717, 1.165) is 37.3 Å². The minimum atomic E-state index is -4.60. The van der Waals surface area contributed by atoms with Crippen LogP contribution in [0.15, 0.2) is 30.3 Å². The number of carbonyl (C=O) groups excluding carboxylic acids is 1. The van der Waals surface area contributed by atoms with Crippen molar-refractivity contribution in [3.63, 3.8) is 0 Å². The van der Waals surface area contributed by atoms with Crippen LogP contribution in [-0.2, 0) is 23.6 Å². The zero-order chi connectivity index (χ0) is 26.0. The van der Waals surface area contributed by atoms with Gasteiger partial charge >= 0.3 is 6.18 Å². The summed E-state index contributed by atoms with van der Waals surface area (Å²) < 4.78 is 83.1. The average molecular weight is 549 g/mol. The first-order valence-corrected chi connectivity index (χ1v) is 13.1. The normalized spacial score (nSPS) is 17.4. The maximum absolute atomic E-state index is 14.4. The lowest BCUT2D eigenvalue weighted by Crippen LogP contribution is -2.35. The van der Waals surface area contributed by atoms with Crippen LogP contribution < -0.4 is 9.46 Å². The predicted molar refractivity (Wildman–Crippen MR) is 126 cm³/mol. The number of nitrogens with one attached hydrogen (secondary N) is 1. The number of hydrogen-bond donors (Lipinski definition) is 2. The second kappa shape index (κ2) is 10.9. The quantitative estimate of drug-likeness (QED) is 0.362. The highest BCUT2D eigenvalue weighted by Crippen LogP contribution is 2.45. The van der Waals surface area contributed by atoms with Crippen LogP contribution in [0, 0.1) is 11.7 Å². The summed E-state index contributed by atoms with van der Waals surface area (Å²) in [6.45, 7) is 1.61. The molecule has 0 bridgehead atoms. The van der Waals surface area contributed by atoms with Crippen LogP contribution >= 0.6 is 11.6 Å². The van der Waals surface area contributed by atoms with E-state index in [9.17, 15) is 30.8 Å². The van der Waals surface area contributed by atoms with Gasteiger partial charge in [-0.2, -0.15) is 13.2 Å². The largest absolute Gasteiger partial charge is 0.493 e. The number of likely N-dealkylation sites (tertiary alicyclic amines) is 1. The first-order chi connectivity index (χ1) is 17.0. The van der Waals surface area contributed by atoms with Crippen LogP contribution in [0.1, 0.15) is 58.6 Å². The van der Waals surface area contributed by atoms with Gasteiger partial charge in [0.05, 0.1) is 17.2 Å². The summed E-state index contributed by atoms with van der Waals surface area (Å²) in [6, 6.07) is 6.28. The van der Waals surface area contributed by atoms with Crippen LogP contribution in [-0.4, -0.2) is 38.9 Å². The van der Waals surface area contributed by atoms with Crippen LogP contribution in [0.25, 0.3) is 0 Å². The highest BCUT2D eigenvalue weighted by molar-refractivity contribution is 7.71. The molecule has 2 fully saturated rings. The van der Waals surface area contributed by atoms with Crippen molar-refractivity contribution in [2.75, 3.05) is 19.7 Å². The zero-order valence-electron chi connectivity index (χ0n) is 19.1. The van der Waals surface area contributed by atoms with E-state index in [2.05, 4.69) is 0 Å². The first kappa shape index (κ1) is 26.7. The average Bonchev–Trinajstić information content (AvgIpc) is 3.65. The van der Waals surface area contributed by atoms with Gasteiger partial charge in [-0.1, -0.05) is 11.6 Å². The Morgan fingerprint density at radius 3 is 2.42 bits per heavy atom. The third-order valence-corrected chi connectivity index (χ3v) is 7.15. The van der Waals surface area contributed by atoms with Gasteiger partial charge < -0.3 is 4.74 Å². The number of thiol groups is 1. The van der Waals surface area contributed by atoms with Crippen LogP contribution in [0.2, 0.25) is 5.02 Å². The number of carbonyl (C=O) groups is 1. The summed E-state index contributed by atoms with van der Waals surface area (Å²) in [6.07, 6.45) is -1.22. The Morgan fingerprint density at radius 1 is 1.11 bits per heavy atom. The molecule has 1 heterocycles. The van der Waals surface area contributed by atoms with E-state index < -0.39 is 39.4 Å². The van der Waals surface area contributed by atoms with Crippen molar-refractivity contribution in [3.8, 4) is 5.75 Å². The Kier molecular flexibility index (Phi) is 8.11. The Labute approximate surface area is 212 Å². The molecular weight excluding hydrogens is 524 g/mol. The molecule has 6 nitrogen and oxygen atoms in total. The summed E-state index contributed by atoms with van der Waals surface area (Å²) in [4.78, 5) is 13.9. The number of nitrogens with zero attached hydrogens (tertiary/aromatic N) is 1. The third-order valence-electron chi connectivity index (χ3n) is 6.49. The molecule has 1 saturated carbocycles. The number of rotatable bonds is 8. The van der Waals surface area contributed by atoms with Crippen molar-refractivity contribution >= 4 is 28.4 Å². The number of benzene rings is 2. The molecule has 0 atom stereocenters. The number of amides is 1. The van der Waals surface area contributed by atoms with E-state index in [4.69, 9.17) is 16.3 Å². The van der Waals surface area contributed by atoms with Crippen molar-refractivity contribution in [2.45, 2.75) is 44.3 Å². The van der Waals surface area contributed by atoms with Crippen molar-refractivity contribution in [2.24, 2.45) is 5.92 Å². The molecule has 0 radical (unpaired) electrons. The SMILES string of the molecule is O=C(N[SH](=O)=O)c1ccc(OCC2CCN(Cc3cc(C(F)(F)F)cc(Cl)c3F)CC2)c(C2CC2)c1. The molecular formula is C24H25ClF4N2O4S. The molecule has 36 heavy (non-hydrogen) atoms. The highest BCUT2D eigenvalue weighted by atomic mass is 35.5. The standard InChI is InChI=1S/C24H25ClF4N2O4S/c25-20-11-18(24(27,28)29)9-17(22(20)26)12-31-7-5-14(6-8-31)13-35-21-4-3-16(23(32)30-36(33)34)10-19(21)15-1-2-15/h3-4,9-11,14-15,36H,1-2,5-8,12-13H2,(H,30,32,33,34). The smallest absolute Gasteiger partial charge is 0.416 e. The van der Waals surface area contributed by atoms with Crippen LogP contribution in [0.4, 0.5) is 17.6 Å². The second-order valence-electron chi connectivity index (χ2n) is 9.18. The summed E-state index contributed by atoms with van der Waals surface area (Å²) in [5.41, 5.74) is 0.0741. The van der Waals surface area contributed by atoms with Crippen LogP contribution in [0.3, 0.4) is 0 Å².